The number of carbonyl (C=O) groups excluding carboxylic acids is 1. The molecule has 0 aliphatic rings. The minimum absolute atomic E-state index is 0.0305. The molecule has 0 fully saturated rings. The Morgan fingerprint density at radius 1 is 1.32 bits per heavy atom. The number of rotatable bonds is 7. The number of pyridine rings is 1. The van der Waals surface area contributed by atoms with Gasteiger partial charge >= 0.3 is 6.03 Å². The predicted molar refractivity (Wildman–Crippen MR) is 89.9 cm³/mol. The second-order valence-electron chi connectivity index (χ2n) is 5.56. The van der Waals surface area contributed by atoms with E-state index >= 15 is 0 Å². The molecule has 0 aliphatic heterocycles. The summed E-state index contributed by atoms with van der Waals surface area (Å²) in [7, 11) is 0. The van der Waals surface area contributed by atoms with Crippen molar-refractivity contribution in [1.29, 1.82) is 5.26 Å². The molecule has 0 saturated carbocycles. The van der Waals surface area contributed by atoms with Crippen LogP contribution in [-0.2, 0) is 13.0 Å². The van der Waals surface area contributed by atoms with Crippen molar-refractivity contribution in [3.63, 3.8) is 0 Å². The van der Waals surface area contributed by atoms with Crippen LogP contribution in [0.3, 0.4) is 0 Å². The van der Waals surface area contributed by atoms with E-state index < -0.39 is 11.8 Å². The third kappa shape index (κ3) is 5.86. The van der Waals surface area contributed by atoms with Gasteiger partial charge in [-0.15, -0.1) is 0 Å². The second kappa shape index (κ2) is 9.35. The molecular weight excluding hydrogens is 323 g/mol. The van der Waals surface area contributed by atoms with Crippen molar-refractivity contribution >= 4 is 6.03 Å². The maximum Gasteiger partial charge on any atom is 0.315 e. The minimum Gasteiger partial charge on any atom is -0.396 e. The van der Waals surface area contributed by atoms with Crippen LogP contribution in [0.5, 0.6) is 0 Å². The molecule has 1 unspecified atom stereocenters. The lowest BCUT2D eigenvalue weighted by atomic mass is 10.0. The number of hydrogen-bond donors (Lipinski definition) is 3. The van der Waals surface area contributed by atoms with E-state index in [0.717, 1.165) is 5.69 Å². The quantitative estimate of drug-likeness (QED) is 0.714. The Morgan fingerprint density at radius 2 is 2.16 bits per heavy atom. The van der Waals surface area contributed by atoms with Gasteiger partial charge in [-0.25, -0.2) is 9.18 Å². The van der Waals surface area contributed by atoms with Gasteiger partial charge in [0.05, 0.1) is 11.6 Å². The molecule has 6 nitrogen and oxygen atoms in total. The minimum atomic E-state index is -0.484. The molecular formula is C18H19FN4O2. The zero-order valence-corrected chi connectivity index (χ0v) is 13.6. The fourth-order valence-corrected chi connectivity index (χ4v) is 2.27. The number of nitrogens with one attached hydrogen (secondary N) is 2. The largest absolute Gasteiger partial charge is 0.396 e. The number of aromatic nitrogens is 1. The van der Waals surface area contributed by atoms with Crippen LogP contribution in [0.25, 0.3) is 0 Å². The van der Waals surface area contributed by atoms with Crippen LogP contribution in [0.15, 0.2) is 42.6 Å². The fraction of sp³-hybridized carbons (Fsp3) is 0.278. The van der Waals surface area contributed by atoms with Gasteiger partial charge in [-0.05, 0) is 36.8 Å². The summed E-state index contributed by atoms with van der Waals surface area (Å²) in [5.41, 5.74) is 1.40. The zero-order valence-electron chi connectivity index (χ0n) is 13.6. The Labute approximate surface area is 145 Å². The van der Waals surface area contributed by atoms with Crippen molar-refractivity contribution in [3.05, 3.63) is 65.2 Å². The van der Waals surface area contributed by atoms with Gasteiger partial charge < -0.3 is 15.7 Å². The van der Waals surface area contributed by atoms with Gasteiger partial charge in [0.1, 0.15) is 5.82 Å². The summed E-state index contributed by atoms with van der Waals surface area (Å²) in [5.74, 6) is -0.651. The SMILES string of the molecule is N#Cc1ccc(F)c(CNC(=O)NCC(CO)Cc2ccccn2)c1. The molecule has 1 aromatic carbocycles. The van der Waals surface area contributed by atoms with Crippen LogP contribution in [0.4, 0.5) is 9.18 Å². The number of halogens is 1. The van der Waals surface area contributed by atoms with Gasteiger partial charge in [-0.2, -0.15) is 5.26 Å². The maximum absolute atomic E-state index is 13.6. The highest BCUT2D eigenvalue weighted by Gasteiger charge is 2.12. The summed E-state index contributed by atoms with van der Waals surface area (Å²) in [5, 5.41) is 23.4. The molecule has 0 spiro atoms. The molecule has 0 aliphatic carbocycles. The zero-order chi connectivity index (χ0) is 18.1. The van der Waals surface area contributed by atoms with Crippen molar-refractivity contribution < 1.29 is 14.3 Å². The molecule has 2 aromatic rings. The highest BCUT2D eigenvalue weighted by molar-refractivity contribution is 5.73. The first-order valence-corrected chi connectivity index (χ1v) is 7.83. The second-order valence-corrected chi connectivity index (χ2v) is 5.56. The van der Waals surface area contributed by atoms with Crippen LogP contribution in [0.2, 0.25) is 0 Å². The van der Waals surface area contributed by atoms with Gasteiger partial charge in [0.15, 0.2) is 0 Å². The molecule has 0 bridgehead atoms. The number of carbonyl (C=O) groups is 1. The normalized spacial score (nSPS) is 11.4. The monoisotopic (exact) mass is 342 g/mol. The van der Waals surface area contributed by atoms with Crippen molar-refractivity contribution in [2.24, 2.45) is 5.92 Å². The number of urea groups is 1. The fourth-order valence-electron chi connectivity index (χ4n) is 2.27. The first-order chi connectivity index (χ1) is 12.1. The number of benzene rings is 1. The number of aliphatic hydroxyl groups excluding tert-OH is 1. The number of aliphatic hydroxyl groups is 1. The van der Waals surface area contributed by atoms with E-state index in [4.69, 9.17) is 5.26 Å². The third-order valence-electron chi connectivity index (χ3n) is 3.65. The summed E-state index contributed by atoms with van der Waals surface area (Å²) < 4.78 is 13.6. The smallest absolute Gasteiger partial charge is 0.315 e. The average molecular weight is 342 g/mol. The summed E-state index contributed by atoms with van der Waals surface area (Å²) in [4.78, 5) is 16.0. The molecule has 0 radical (unpaired) electrons. The Morgan fingerprint density at radius 3 is 2.84 bits per heavy atom. The maximum atomic E-state index is 13.6. The highest BCUT2D eigenvalue weighted by atomic mass is 19.1. The Kier molecular flexibility index (Phi) is 6.87. The number of amides is 2. The molecule has 3 N–H and O–H groups in total. The van der Waals surface area contributed by atoms with Crippen molar-refractivity contribution in [2.45, 2.75) is 13.0 Å². The third-order valence-corrected chi connectivity index (χ3v) is 3.65. The van der Waals surface area contributed by atoms with Gasteiger partial charge in [0.2, 0.25) is 0 Å². The Balaban J connectivity index is 1.81. The van der Waals surface area contributed by atoms with Crippen LogP contribution in [-0.4, -0.2) is 29.3 Å². The molecule has 130 valence electrons. The van der Waals surface area contributed by atoms with Gasteiger partial charge in [-0.3, -0.25) is 4.98 Å². The van der Waals surface area contributed by atoms with Crippen molar-refractivity contribution in [2.75, 3.05) is 13.2 Å². The summed E-state index contributed by atoms with van der Waals surface area (Å²) in [6.07, 6.45) is 2.21. The van der Waals surface area contributed by atoms with Gasteiger partial charge in [0, 0.05) is 43.1 Å². The first kappa shape index (κ1) is 18.4. The highest BCUT2D eigenvalue weighted by Crippen LogP contribution is 2.10. The van der Waals surface area contributed by atoms with Crippen molar-refractivity contribution in [3.8, 4) is 6.07 Å². The molecule has 1 atom stereocenters. The lowest BCUT2D eigenvalue weighted by Gasteiger charge is -2.15. The van der Waals surface area contributed by atoms with E-state index in [1.54, 1.807) is 6.20 Å². The topological polar surface area (TPSA) is 98.0 Å². The molecule has 2 rings (SSSR count). The number of nitriles is 1. The standard InChI is InChI=1S/C18H19FN4O2/c19-17-5-4-13(9-20)7-15(17)11-23-18(25)22-10-14(12-24)8-16-3-1-2-6-21-16/h1-7,14,24H,8,10-12H2,(H2,22,23,25). The van der Waals surface area contributed by atoms with Gasteiger partial charge in [-0.1, -0.05) is 6.07 Å². The summed E-state index contributed by atoms with van der Waals surface area (Å²) >= 11 is 0. The Bertz CT molecular complexity index is 746. The molecule has 0 saturated heterocycles. The van der Waals surface area contributed by atoms with Gasteiger partial charge in [0.25, 0.3) is 0 Å². The van der Waals surface area contributed by atoms with Crippen LogP contribution in [0, 0.1) is 23.1 Å². The molecule has 1 heterocycles. The Hall–Kier alpha value is -2.98. The number of nitrogens with zero attached hydrogens (tertiary/aromatic N) is 2. The summed E-state index contributed by atoms with van der Waals surface area (Å²) in [6.45, 7) is 0.145. The lowest BCUT2D eigenvalue weighted by Crippen LogP contribution is -2.39. The average Bonchev–Trinajstić information content (AvgIpc) is 2.65. The van der Waals surface area contributed by atoms with E-state index in [1.165, 1.54) is 18.2 Å². The molecule has 2 amide bonds. The van der Waals surface area contributed by atoms with Crippen LogP contribution in [0.1, 0.15) is 16.8 Å². The van der Waals surface area contributed by atoms with Crippen LogP contribution < -0.4 is 10.6 Å². The van der Waals surface area contributed by atoms with E-state index in [0.29, 0.717) is 12.0 Å². The first-order valence-electron chi connectivity index (χ1n) is 7.83. The number of hydrogen-bond acceptors (Lipinski definition) is 4. The molecule has 7 heteroatoms. The molecule has 1 aromatic heterocycles. The van der Waals surface area contributed by atoms with E-state index in [-0.39, 0.29) is 31.2 Å². The van der Waals surface area contributed by atoms with Crippen molar-refractivity contribution in [1.82, 2.24) is 15.6 Å². The summed E-state index contributed by atoms with van der Waals surface area (Å²) in [6, 6.07) is 10.9. The predicted octanol–water partition coefficient (Wildman–Crippen LogP) is 1.74. The van der Waals surface area contributed by atoms with E-state index in [9.17, 15) is 14.3 Å². The molecule has 25 heavy (non-hydrogen) atoms. The van der Waals surface area contributed by atoms with E-state index in [1.807, 2.05) is 24.3 Å². The van der Waals surface area contributed by atoms with Crippen LogP contribution >= 0.6 is 0 Å². The van der Waals surface area contributed by atoms with E-state index in [2.05, 4.69) is 15.6 Å². The lowest BCUT2D eigenvalue weighted by molar-refractivity contribution is 0.213.